The maximum atomic E-state index is 14.3. The van der Waals surface area contributed by atoms with Crippen molar-refractivity contribution >= 4 is 11.3 Å². The summed E-state index contributed by atoms with van der Waals surface area (Å²) in [5.74, 6) is -1.48. The third-order valence-corrected chi connectivity index (χ3v) is 3.65. The van der Waals surface area contributed by atoms with Crippen molar-refractivity contribution in [2.75, 3.05) is 14.1 Å². The number of hydrogen-bond donors (Lipinski definition) is 0. The molecule has 122 valence electrons. The van der Waals surface area contributed by atoms with Gasteiger partial charge >= 0.3 is 0 Å². The summed E-state index contributed by atoms with van der Waals surface area (Å²) in [6.07, 6.45) is 2.92. The van der Waals surface area contributed by atoms with Crippen molar-refractivity contribution in [2.24, 2.45) is 0 Å². The summed E-state index contributed by atoms with van der Waals surface area (Å²) in [4.78, 5) is 14.2. The smallest absolute Gasteiger partial charge is 0.227 e. The number of rotatable bonds is 4. The number of aryl methyl sites for hydroxylation is 1. The number of allylic oxidation sites excluding steroid dienone is 1. The Hall–Kier alpha value is -2.95. The number of nitrogens with zero attached hydrogens (tertiary/aromatic N) is 3. The lowest BCUT2D eigenvalue weighted by molar-refractivity contribution is 0.100. The van der Waals surface area contributed by atoms with Gasteiger partial charge in [-0.15, -0.1) is 0 Å². The standard InChI is InChI=1S/C19H18FN3O/c1-13-7-6-8-14(11-13)18-17(19(24)15(20)12-22(2)3)16-9-4-5-10-23(16)21-18/h4-12H,1-3H3. The van der Waals surface area contributed by atoms with Crippen LogP contribution in [0.1, 0.15) is 15.9 Å². The highest BCUT2D eigenvalue weighted by molar-refractivity contribution is 6.15. The second-order valence-electron chi connectivity index (χ2n) is 5.89. The predicted octanol–water partition coefficient (Wildman–Crippen LogP) is 3.86. The quantitative estimate of drug-likeness (QED) is 0.540. The average molecular weight is 323 g/mol. The number of hydrogen-bond acceptors (Lipinski definition) is 3. The Bertz CT molecular complexity index is 941. The number of pyridine rings is 1. The highest BCUT2D eigenvalue weighted by Crippen LogP contribution is 2.29. The second kappa shape index (κ2) is 6.28. The van der Waals surface area contributed by atoms with Gasteiger partial charge in [-0.25, -0.2) is 8.91 Å². The lowest BCUT2D eigenvalue weighted by Gasteiger charge is -2.06. The minimum absolute atomic E-state index is 0.275. The van der Waals surface area contributed by atoms with E-state index >= 15 is 0 Å². The van der Waals surface area contributed by atoms with Crippen LogP contribution in [0.2, 0.25) is 0 Å². The molecule has 0 saturated heterocycles. The second-order valence-corrected chi connectivity index (χ2v) is 5.89. The first-order chi connectivity index (χ1) is 11.5. The summed E-state index contributed by atoms with van der Waals surface area (Å²) < 4.78 is 16.0. The molecule has 0 aliphatic rings. The van der Waals surface area contributed by atoms with Crippen molar-refractivity contribution in [3.05, 3.63) is 71.8 Å². The van der Waals surface area contributed by atoms with E-state index in [0.29, 0.717) is 11.2 Å². The number of carbonyl (C=O) groups excluding carboxylic acids is 1. The van der Waals surface area contributed by atoms with Gasteiger partial charge < -0.3 is 4.90 Å². The van der Waals surface area contributed by atoms with Crippen molar-refractivity contribution in [1.29, 1.82) is 0 Å². The molecule has 0 saturated carbocycles. The minimum atomic E-state index is -0.812. The number of Topliss-reactive ketones (excluding diaryl/α,β-unsaturated/α-hetero) is 1. The normalized spacial score (nSPS) is 11.8. The van der Waals surface area contributed by atoms with Gasteiger partial charge in [-0.05, 0) is 25.1 Å². The zero-order valence-electron chi connectivity index (χ0n) is 13.8. The first kappa shape index (κ1) is 15.9. The topological polar surface area (TPSA) is 37.6 Å². The summed E-state index contributed by atoms with van der Waals surface area (Å²) in [6.45, 7) is 1.97. The van der Waals surface area contributed by atoms with E-state index in [9.17, 15) is 9.18 Å². The molecule has 1 aromatic carbocycles. The Morgan fingerprint density at radius 1 is 1.21 bits per heavy atom. The predicted molar refractivity (Wildman–Crippen MR) is 92.6 cm³/mol. The van der Waals surface area contributed by atoms with Crippen molar-refractivity contribution in [3.8, 4) is 11.3 Å². The average Bonchev–Trinajstić information content (AvgIpc) is 2.93. The van der Waals surface area contributed by atoms with E-state index in [1.54, 1.807) is 36.9 Å². The summed E-state index contributed by atoms with van der Waals surface area (Å²) in [7, 11) is 3.34. The number of carbonyl (C=O) groups is 1. The molecule has 0 aliphatic carbocycles. The Labute approximate surface area is 139 Å². The molecule has 0 spiro atoms. The van der Waals surface area contributed by atoms with Crippen LogP contribution in [-0.4, -0.2) is 34.4 Å². The van der Waals surface area contributed by atoms with Crippen molar-refractivity contribution in [1.82, 2.24) is 14.5 Å². The maximum Gasteiger partial charge on any atom is 0.227 e. The van der Waals surface area contributed by atoms with Crippen LogP contribution in [-0.2, 0) is 0 Å². The number of ketones is 1. The molecule has 0 N–H and O–H groups in total. The van der Waals surface area contributed by atoms with Gasteiger partial charge in [0.2, 0.25) is 5.78 Å². The largest absolute Gasteiger partial charge is 0.381 e. The van der Waals surface area contributed by atoms with Gasteiger partial charge in [-0.1, -0.05) is 29.8 Å². The van der Waals surface area contributed by atoms with Crippen LogP contribution in [0.3, 0.4) is 0 Å². The van der Waals surface area contributed by atoms with Gasteiger partial charge in [0.1, 0.15) is 5.69 Å². The number of aromatic nitrogens is 2. The SMILES string of the molecule is Cc1cccc(-c2nn3ccccc3c2C(=O)C(F)=CN(C)C)c1. The molecule has 3 rings (SSSR count). The fourth-order valence-electron chi connectivity index (χ4n) is 2.62. The monoisotopic (exact) mass is 323 g/mol. The zero-order chi connectivity index (χ0) is 17.3. The molecule has 0 atom stereocenters. The first-order valence-electron chi connectivity index (χ1n) is 7.60. The van der Waals surface area contributed by atoms with Gasteiger partial charge in [0.25, 0.3) is 0 Å². The summed E-state index contributed by atoms with van der Waals surface area (Å²) >= 11 is 0. The Morgan fingerprint density at radius 2 is 2.00 bits per heavy atom. The fourth-order valence-corrected chi connectivity index (χ4v) is 2.62. The lowest BCUT2D eigenvalue weighted by atomic mass is 10.0. The molecule has 0 unspecified atom stereocenters. The van der Waals surface area contributed by atoms with Gasteiger partial charge in [0.15, 0.2) is 5.83 Å². The number of halogens is 1. The summed E-state index contributed by atoms with van der Waals surface area (Å²) in [6, 6.07) is 13.1. The van der Waals surface area contributed by atoms with E-state index in [1.807, 2.05) is 37.3 Å². The third kappa shape index (κ3) is 2.93. The van der Waals surface area contributed by atoms with Crippen LogP contribution in [0.15, 0.2) is 60.7 Å². The summed E-state index contributed by atoms with van der Waals surface area (Å²) in [5, 5.41) is 4.49. The van der Waals surface area contributed by atoms with Crippen molar-refractivity contribution in [3.63, 3.8) is 0 Å². The zero-order valence-corrected chi connectivity index (χ0v) is 13.8. The maximum absolute atomic E-state index is 14.3. The van der Waals surface area contributed by atoms with Gasteiger partial charge in [0.05, 0.1) is 11.1 Å². The Kier molecular flexibility index (Phi) is 4.16. The first-order valence-corrected chi connectivity index (χ1v) is 7.60. The molecular formula is C19H18FN3O. The van der Waals surface area contributed by atoms with Crippen molar-refractivity contribution in [2.45, 2.75) is 6.92 Å². The molecule has 4 nitrogen and oxygen atoms in total. The molecule has 0 amide bonds. The minimum Gasteiger partial charge on any atom is -0.381 e. The lowest BCUT2D eigenvalue weighted by Crippen LogP contribution is -2.08. The van der Waals surface area contributed by atoms with E-state index in [0.717, 1.165) is 11.1 Å². The fraction of sp³-hybridized carbons (Fsp3) is 0.158. The molecule has 2 aromatic heterocycles. The van der Waals surface area contributed by atoms with E-state index in [4.69, 9.17) is 0 Å². The molecule has 0 bridgehead atoms. The number of benzene rings is 1. The molecule has 2 heterocycles. The van der Waals surface area contributed by atoms with Gasteiger partial charge in [-0.3, -0.25) is 4.79 Å². The molecule has 0 radical (unpaired) electrons. The van der Waals surface area contributed by atoms with E-state index in [-0.39, 0.29) is 5.56 Å². The van der Waals surface area contributed by atoms with Gasteiger partial charge in [0, 0.05) is 32.1 Å². The molecular weight excluding hydrogens is 305 g/mol. The van der Waals surface area contributed by atoms with Crippen LogP contribution in [0.25, 0.3) is 16.8 Å². The van der Waals surface area contributed by atoms with Crippen LogP contribution in [0, 0.1) is 6.92 Å². The van der Waals surface area contributed by atoms with Crippen LogP contribution in [0.5, 0.6) is 0 Å². The van der Waals surface area contributed by atoms with E-state index in [2.05, 4.69) is 5.10 Å². The Morgan fingerprint density at radius 3 is 2.71 bits per heavy atom. The number of fused-ring (bicyclic) bond motifs is 1. The molecule has 24 heavy (non-hydrogen) atoms. The highest BCUT2D eigenvalue weighted by Gasteiger charge is 2.24. The van der Waals surface area contributed by atoms with Crippen LogP contribution < -0.4 is 0 Å². The highest BCUT2D eigenvalue weighted by atomic mass is 19.1. The van der Waals surface area contributed by atoms with E-state index in [1.165, 1.54) is 11.1 Å². The Balaban J connectivity index is 2.25. The molecule has 0 fully saturated rings. The van der Waals surface area contributed by atoms with E-state index < -0.39 is 11.6 Å². The van der Waals surface area contributed by atoms with Crippen molar-refractivity contribution < 1.29 is 9.18 Å². The molecule has 3 aromatic rings. The summed E-state index contributed by atoms with van der Waals surface area (Å²) in [5.41, 5.74) is 3.18. The van der Waals surface area contributed by atoms with Gasteiger partial charge in [-0.2, -0.15) is 5.10 Å². The molecule has 5 heteroatoms. The third-order valence-electron chi connectivity index (χ3n) is 3.65. The molecule has 0 aliphatic heterocycles. The van der Waals surface area contributed by atoms with Crippen LogP contribution >= 0.6 is 0 Å². The van der Waals surface area contributed by atoms with Crippen LogP contribution in [0.4, 0.5) is 4.39 Å².